The molecule has 0 aliphatic rings. The van der Waals surface area contributed by atoms with E-state index in [1.165, 1.54) is 12.3 Å². The maximum Gasteiger partial charge on any atom is 0.416 e. The number of alkyl halides is 3. The molecular weight excluding hydrogens is 433 g/mol. The van der Waals surface area contributed by atoms with E-state index in [-0.39, 0.29) is 5.56 Å². The number of furan rings is 1. The van der Waals surface area contributed by atoms with Crippen LogP contribution >= 0.6 is 0 Å². The van der Waals surface area contributed by atoms with Crippen LogP contribution in [0.3, 0.4) is 0 Å². The van der Waals surface area contributed by atoms with E-state index in [4.69, 9.17) is 10.2 Å². The van der Waals surface area contributed by atoms with Crippen LogP contribution in [0, 0.1) is 0 Å². The summed E-state index contributed by atoms with van der Waals surface area (Å²) in [6, 6.07) is 8.98. The van der Waals surface area contributed by atoms with Gasteiger partial charge in [-0.05, 0) is 59.2 Å². The van der Waals surface area contributed by atoms with E-state index in [1.54, 1.807) is 36.9 Å². The number of hydrogen-bond donors (Lipinski definition) is 2. The number of fused-ring (bicyclic) bond motifs is 2. The van der Waals surface area contributed by atoms with Gasteiger partial charge in [-0.1, -0.05) is 0 Å². The number of amides is 1. The highest BCUT2D eigenvalue weighted by Gasteiger charge is 2.31. The summed E-state index contributed by atoms with van der Waals surface area (Å²) in [5.74, 6) is -0.753. The van der Waals surface area contributed by atoms with E-state index >= 15 is 0 Å². The summed E-state index contributed by atoms with van der Waals surface area (Å²) >= 11 is 0. The van der Waals surface area contributed by atoms with Crippen molar-refractivity contribution in [3.63, 3.8) is 0 Å². The summed E-state index contributed by atoms with van der Waals surface area (Å²) in [5, 5.41) is 1.54. The third kappa shape index (κ3) is 3.84. The maximum absolute atomic E-state index is 13.5. The first-order valence-corrected chi connectivity index (χ1v) is 9.79. The highest BCUT2D eigenvalue weighted by atomic mass is 19.4. The number of benzene rings is 1. The first-order chi connectivity index (χ1) is 15.8. The van der Waals surface area contributed by atoms with Crippen molar-refractivity contribution in [2.24, 2.45) is 5.73 Å². The van der Waals surface area contributed by atoms with E-state index in [1.807, 2.05) is 6.07 Å². The van der Waals surface area contributed by atoms with Crippen LogP contribution in [0.25, 0.3) is 50.5 Å². The molecule has 0 spiro atoms. The van der Waals surface area contributed by atoms with Gasteiger partial charge in [0, 0.05) is 46.6 Å². The minimum Gasteiger partial charge on any atom is -0.446 e. The Morgan fingerprint density at radius 1 is 1.03 bits per heavy atom. The van der Waals surface area contributed by atoms with E-state index in [2.05, 4.69) is 15.0 Å². The Hall–Kier alpha value is -4.40. The molecule has 1 amide bonds. The van der Waals surface area contributed by atoms with Gasteiger partial charge in [0.15, 0.2) is 0 Å². The van der Waals surface area contributed by atoms with Gasteiger partial charge >= 0.3 is 6.18 Å². The number of hydrogen-bond acceptors (Lipinski definition) is 4. The van der Waals surface area contributed by atoms with Crippen LogP contribution in [0.15, 0.2) is 71.7 Å². The van der Waals surface area contributed by atoms with Gasteiger partial charge in [-0.3, -0.25) is 4.79 Å². The van der Waals surface area contributed by atoms with Gasteiger partial charge in [0.05, 0.1) is 11.8 Å². The quantitative estimate of drug-likeness (QED) is 0.352. The fourth-order valence-electron chi connectivity index (χ4n) is 3.75. The molecule has 0 saturated carbocycles. The number of nitrogens with zero attached hydrogens (tertiary/aromatic N) is 2. The number of nitrogens with two attached hydrogens (primary N) is 1. The van der Waals surface area contributed by atoms with Crippen LogP contribution < -0.4 is 5.73 Å². The minimum absolute atomic E-state index is 0.197. The average molecular weight is 448 g/mol. The van der Waals surface area contributed by atoms with Crippen LogP contribution in [0.2, 0.25) is 0 Å². The number of rotatable bonds is 4. The topological polar surface area (TPSA) is 97.8 Å². The molecule has 0 aliphatic heterocycles. The Bertz CT molecular complexity index is 1550. The van der Waals surface area contributed by atoms with Gasteiger partial charge in [-0.25, -0.2) is 9.97 Å². The lowest BCUT2D eigenvalue weighted by Gasteiger charge is -2.11. The molecule has 1 aromatic carbocycles. The summed E-state index contributed by atoms with van der Waals surface area (Å²) in [7, 11) is 0. The predicted octanol–water partition coefficient (Wildman–Crippen LogP) is 5.56. The number of H-pyrrole nitrogens is 1. The van der Waals surface area contributed by atoms with Crippen LogP contribution in [0.1, 0.15) is 11.1 Å². The molecule has 164 valence electrons. The second kappa shape index (κ2) is 7.63. The highest BCUT2D eigenvalue weighted by molar-refractivity contribution is 6.03. The van der Waals surface area contributed by atoms with E-state index in [9.17, 15) is 18.0 Å². The molecule has 0 fully saturated rings. The van der Waals surface area contributed by atoms with Gasteiger partial charge in [-0.2, -0.15) is 13.2 Å². The smallest absolute Gasteiger partial charge is 0.416 e. The predicted molar refractivity (Wildman–Crippen MR) is 118 cm³/mol. The normalized spacial score (nSPS) is 12.2. The van der Waals surface area contributed by atoms with Crippen molar-refractivity contribution in [2.75, 3.05) is 0 Å². The van der Waals surface area contributed by atoms with Crippen molar-refractivity contribution in [3.8, 4) is 22.3 Å². The Kier molecular flexibility index (Phi) is 4.74. The summed E-state index contributed by atoms with van der Waals surface area (Å²) in [6.07, 6.45) is 4.17. The Balaban J connectivity index is 1.68. The van der Waals surface area contributed by atoms with Gasteiger partial charge in [-0.15, -0.1) is 0 Å². The monoisotopic (exact) mass is 448 g/mol. The molecule has 0 unspecified atom stereocenters. The van der Waals surface area contributed by atoms with Crippen molar-refractivity contribution in [3.05, 3.63) is 78.5 Å². The number of aromatic amines is 1. The van der Waals surface area contributed by atoms with E-state index in [0.717, 1.165) is 40.1 Å². The van der Waals surface area contributed by atoms with Gasteiger partial charge in [0.25, 0.3) is 0 Å². The Morgan fingerprint density at radius 3 is 2.67 bits per heavy atom. The van der Waals surface area contributed by atoms with Crippen molar-refractivity contribution < 1.29 is 22.4 Å². The average Bonchev–Trinajstić information content (AvgIpc) is 3.43. The van der Waals surface area contributed by atoms with Crippen LogP contribution in [-0.4, -0.2) is 20.9 Å². The number of nitrogens with one attached hydrogen (secondary N) is 1. The van der Waals surface area contributed by atoms with Crippen molar-refractivity contribution in [2.45, 2.75) is 6.18 Å². The molecule has 9 heteroatoms. The minimum atomic E-state index is -4.56. The number of primary amides is 1. The van der Waals surface area contributed by atoms with Gasteiger partial charge < -0.3 is 15.1 Å². The van der Waals surface area contributed by atoms with Crippen LogP contribution in [0.5, 0.6) is 0 Å². The molecule has 4 aromatic heterocycles. The fraction of sp³-hybridized carbons (Fsp3) is 0.0417. The fourth-order valence-corrected chi connectivity index (χ4v) is 3.75. The number of pyridine rings is 2. The van der Waals surface area contributed by atoms with Crippen LogP contribution in [-0.2, 0) is 11.0 Å². The first-order valence-electron chi connectivity index (χ1n) is 9.79. The lowest BCUT2D eigenvalue weighted by atomic mass is 9.98. The zero-order valence-corrected chi connectivity index (χ0v) is 16.9. The zero-order chi connectivity index (χ0) is 23.2. The standard InChI is InChI=1S/C24H15F3N4O2/c25-24(26,27)16-8-13(1-2-21(28)32)7-14(9-16)15-10-19-20(12-31-22(19)30-11-15)17-3-5-29-23-18(17)4-6-33-23/h1-12H,(H2,28,32)(H,30,31). The van der Waals surface area contributed by atoms with E-state index < -0.39 is 17.6 Å². The summed E-state index contributed by atoms with van der Waals surface area (Å²) in [6.45, 7) is 0. The molecule has 5 aromatic rings. The van der Waals surface area contributed by atoms with Crippen molar-refractivity contribution in [1.29, 1.82) is 0 Å². The maximum atomic E-state index is 13.5. The molecule has 5 rings (SSSR count). The number of halogens is 3. The second-order valence-corrected chi connectivity index (χ2v) is 7.40. The number of carbonyl (C=O) groups excluding carboxylic acids is 1. The van der Waals surface area contributed by atoms with Crippen molar-refractivity contribution >= 4 is 34.1 Å². The van der Waals surface area contributed by atoms with E-state index in [0.29, 0.717) is 22.5 Å². The zero-order valence-electron chi connectivity index (χ0n) is 16.9. The SMILES string of the molecule is NC(=O)C=Cc1cc(-c2cnc3[nH]cc(-c4ccnc5occc45)c3c2)cc(C(F)(F)F)c1. The lowest BCUT2D eigenvalue weighted by molar-refractivity contribution is -0.137. The molecule has 3 N–H and O–H groups in total. The largest absolute Gasteiger partial charge is 0.446 e. The molecule has 0 atom stereocenters. The summed E-state index contributed by atoms with van der Waals surface area (Å²) in [4.78, 5) is 22.7. The Morgan fingerprint density at radius 2 is 1.88 bits per heavy atom. The molecule has 33 heavy (non-hydrogen) atoms. The third-order valence-electron chi connectivity index (χ3n) is 5.25. The second-order valence-electron chi connectivity index (χ2n) is 7.40. The lowest BCUT2D eigenvalue weighted by Crippen LogP contribution is -2.06. The van der Waals surface area contributed by atoms with Gasteiger partial charge in [0.2, 0.25) is 11.6 Å². The highest BCUT2D eigenvalue weighted by Crippen LogP contribution is 2.37. The Labute approximate surface area is 184 Å². The van der Waals surface area contributed by atoms with Gasteiger partial charge in [0.1, 0.15) is 5.65 Å². The molecule has 0 aliphatic carbocycles. The molecule has 0 radical (unpaired) electrons. The summed E-state index contributed by atoms with van der Waals surface area (Å²) in [5.41, 5.74) is 7.98. The summed E-state index contributed by atoms with van der Waals surface area (Å²) < 4.78 is 45.9. The third-order valence-corrected chi connectivity index (χ3v) is 5.25. The molecule has 0 saturated heterocycles. The molecule has 4 heterocycles. The number of aromatic nitrogens is 3. The molecule has 0 bridgehead atoms. The molecular formula is C24H15F3N4O2. The number of carbonyl (C=O) groups is 1. The van der Waals surface area contributed by atoms with Crippen molar-refractivity contribution in [1.82, 2.24) is 15.0 Å². The van der Waals surface area contributed by atoms with Crippen LogP contribution in [0.4, 0.5) is 13.2 Å². The first kappa shape index (κ1) is 20.5. The molecule has 6 nitrogen and oxygen atoms in total.